The summed E-state index contributed by atoms with van der Waals surface area (Å²) in [6, 6.07) is 11.9. The predicted molar refractivity (Wildman–Crippen MR) is 61.9 cm³/mol. The van der Waals surface area contributed by atoms with Crippen molar-refractivity contribution in [1.82, 2.24) is 0 Å². The average molecular weight is 218 g/mol. The van der Waals surface area contributed by atoms with Gasteiger partial charge in [0.15, 0.2) is 0 Å². The number of hydrogen-bond acceptors (Lipinski definition) is 2. The van der Waals surface area contributed by atoms with E-state index in [1.807, 2.05) is 35.2 Å². The van der Waals surface area contributed by atoms with Crippen molar-refractivity contribution < 1.29 is 4.39 Å². The fourth-order valence-electron chi connectivity index (χ4n) is 2.07. The van der Waals surface area contributed by atoms with Gasteiger partial charge in [-0.1, -0.05) is 18.2 Å². The van der Waals surface area contributed by atoms with Crippen molar-refractivity contribution in [2.24, 2.45) is 0 Å². The molecule has 0 heterocycles. The SMILES string of the molecule is N#CCCN(c1ccccc1)C1CCC1F. The van der Waals surface area contributed by atoms with Gasteiger partial charge in [-0.05, 0) is 25.0 Å². The van der Waals surface area contributed by atoms with E-state index in [-0.39, 0.29) is 6.04 Å². The molecule has 0 spiro atoms. The van der Waals surface area contributed by atoms with Crippen molar-refractivity contribution in [3.63, 3.8) is 0 Å². The number of rotatable bonds is 4. The van der Waals surface area contributed by atoms with Gasteiger partial charge in [0, 0.05) is 12.2 Å². The normalized spacial score (nSPS) is 23.2. The first kappa shape index (κ1) is 10.9. The van der Waals surface area contributed by atoms with Crippen LogP contribution in [0.3, 0.4) is 0 Å². The fraction of sp³-hybridized carbons (Fsp3) is 0.462. The fourth-order valence-corrected chi connectivity index (χ4v) is 2.07. The van der Waals surface area contributed by atoms with E-state index >= 15 is 0 Å². The number of halogens is 1. The zero-order valence-corrected chi connectivity index (χ0v) is 9.14. The van der Waals surface area contributed by atoms with E-state index in [1.165, 1.54) is 0 Å². The summed E-state index contributed by atoms with van der Waals surface area (Å²) >= 11 is 0. The summed E-state index contributed by atoms with van der Waals surface area (Å²) in [5.41, 5.74) is 1.02. The van der Waals surface area contributed by atoms with Crippen LogP contribution in [0.2, 0.25) is 0 Å². The Morgan fingerprint density at radius 2 is 2.06 bits per heavy atom. The highest BCUT2D eigenvalue weighted by Crippen LogP contribution is 2.32. The van der Waals surface area contributed by atoms with Gasteiger partial charge in [0.25, 0.3) is 0 Å². The highest BCUT2D eigenvalue weighted by atomic mass is 19.1. The van der Waals surface area contributed by atoms with Crippen LogP contribution in [-0.4, -0.2) is 18.8 Å². The second-order valence-corrected chi connectivity index (χ2v) is 4.10. The molecule has 1 aliphatic rings. The molecule has 0 bridgehead atoms. The minimum atomic E-state index is -0.737. The largest absolute Gasteiger partial charge is 0.365 e. The Morgan fingerprint density at radius 3 is 2.56 bits per heavy atom. The van der Waals surface area contributed by atoms with Crippen LogP contribution in [0.25, 0.3) is 0 Å². The summed E-state index contributed by atoms with van der Waals surface area (Å²) in [4.78, 5) is 2.03. The molecular formula is C13H15FN2. The molecule has 1 saturated carbocycles. The molecule has 0 radical (unpaired) electrons. The van der Waals surface area contributed by atoms with Gasteiger partial charge in [-0.25, -0.2) is 4.39 Å². The lowest BCUT2D eigenvalue weighted by Gasteiger charge is -2.41. The molecule has 1 aliphatic carbocycles. The van der Waals surface area contributed by atoms with E-state index in [9.17, 15) is 4.39 Å². The Morgan fingerprint density at radius 1 is 1.31 bits per heavy atom. The standard InChI is InChI=1S/C13H15FN2/c14-12-7-8-13(12)16(10-4-9-15)11-5-2-1-3-6-11/h1-3,5-6,12-13H,4,7-8,10H2. The molecule has 0 aromatic heterocycles. The van der Waals surface area contributed by atoms with E-state index in [1.54, 1.807) is 0 Å². The third-order valence-electron chi connectivity index (χ3n) is 3.11. The van der Waals surface area contributed by atoms with Crippen molar-refractivity contribution in [1.29, 1.82) is 5.26 Å². The summed E-state index contributed by atoms with van der Waals surface area (Å²) in [6.45, 7) is 0.617. The lowest BCUT2D eigenvalue weighted by atomic mass is 9.88. The number of hydrogen-bond donors (Lipinski definition) is 0. The van der Waals surface area contributed by atoms with Crippen molar-refractivity contribution in [3.05, 3.63) is 30.3 Å². The molecule has 3 heteroatoms. The van der Waals surface area contributed by atoms with Crippen molar-refractivity contribution in [2.45, 2.75) is 31.5 Å². The topological polar surface area (TPSA) is 27.0 Å². The smallest absolute Gasteiger partial charge is 0.120 e. The molecule has 2 nitrogen and oxygen atoms in total. The quantitative estimate of drug-likeness (QED) is 0.777. The number of nitriles is 1. The van der Waals surface area contributed by atoms with Gasteiger partial charge in [0.05, 0.1) is 18.5 Å². The zero-order chi connectivity index (χ0) is 11.4. The number of benzene rings is 1. The molecule has 16 heavy (non-hydrogen) atoms. The second kappa shape index (κ2) is 4.98. The highest BCUT2D eigenvalue weighted by molar-refractivity contribution is 5.48. The van der Waals surface area contributed by atoms with Gasteiger partial charge in [-0.2, -0.15) is 5.26 Å². The molecule has 1 aromatic rings. The second-order valence-electron chi connectivity index (χ2n) is 4.10. The van der Waals surface area contributed by atoms with Crippen LogP contribution in [0.1, 0.15) is 19.3 Å². The predicted octanol–water partition coefficient (Wildman–Crippen LogP) is 2.91. The molecule has 0 saturated heterocycles. The Bertz CT molecular complexity index is 371. The van der Waals surface area contributed by atoms with Gasteiger partial charge in [0.2, 0.25) is 0 Å². The van der Waals surface area contributed by atoms with Crippen LogP contribution in [0.15, 0.2) is 30.3 Å². The molecule has 0 amide bonds. The minimum Gasteiger partial charge on any atom is -0.365 e. The lowest BCUT2D eigenvalue weighted by molar-refractivity contribution is 0.164. The number of alkyl halides is 1. The molecule has 2 rings (SSSR count). The Kier molecular flexibility index (Phi) is 3.40. The van der Waals surface area contributed by atoms with Crippen LogP contribution in [-0.2, 0) is 0 Å². The number of anilines is 1. The number of nitrogens with zero attached hydrogens (tertiary/aromatic N) is 2. The third-order valence-corrected chi connectivity index (χ3v) is 3.11. The molecule has 0 aliphatic heterocycles. The summed E-state index contributed by atoms with van der Waals surface area (Å²) in [5.74, 6) is 0. The van der Waals surface area contributed by atoms with Crippen LogP contribution in [0, 0.1) is 11.3 Å². The Balaban J connectivity index is 2.12. The van der Waals surface area contributed by atoms with Gasteiger partial charge >= 0.3 is 0 Å². The van der Waals surface area contributed by atoms with Gasteiger partial charge < -0.3 is 4.90 Å². The maximum Gasteiger partial charge on any atom is 0.120 e. The first-order valence-electron chi connectivity index (χ1n) is 5.65. The average Bonchev–Trinajstić information content (AvgIpc) is 2.33. The van der Waals surface area contributed by atoms with Gasteiger partial charge in [0.1, 0.15) is 6.17 Å². The van der Waals surface area contributed by atoms with E-state index in [0.29, 0.717) is 19.4 Å². The van der Waals surface area contributed by atoms with Gasteiger partial charge in [-0.3, -0.25) is 0 Å². The third kappa shape index (κ3) is 2.16. The van der Waals surface area contributed by atoms with Crippen LogP contribution in [0.5, 0.6) is 0 Å². The van der Waals surface area contributed by atoms with E-state index < -0.39 is 6.17 Å². The maximum atomic E-state index is 13.4. The molecular weight excluding hydrogens is 203 g/mol. The Hall–Kier alpha value is -1.56. The highest BCUT2D eigenvalue weighted by Gasteiger charge is 2.35. The first-order valence-corrected chi connectivity index (χ1v) is 5.65. The molecule has 1 fully saturated rings. The van der Waals surface area contributed by atoms with E-state index in [2.05, 4.69) is 6.07 Å². The molecule has 2 atom stereocenters. The number of para-hydroxylation sites is 1. The van der Waals surface area contributed by atoms with E-state index in [0.717, 1.165) is 12.1 Å². The summed E-state index contributed by atoms with van der Waals surface area (Å²) < 4.78 is 13.4. The molecule has 2 unspecified atom stereocenters. The lowest BCUT2D eigenvalue weighted by Crippen LogP contribution is -2.49. The van der Waals surface area contributed by atoms with Crippen LogP contribution in [0.4, 0.5) is 10.1 Å². The van der Waals surface area contributed by atoms with E-state index in [4.69, 9.17) is 5.26 Å². The van der Waals surface area contributed by atoms with Crippen molar-refractivity contribution in [2.75, 3.05) is 11.4 Å². The molecule has 1 aromatic carbocycles. The van der Waals surface area contributed by atoms with Crippen LogP contribution >= 0.6 is 0 Å². The summed E-state index contributed by atoms with van der Waals surface area (Å²) in [5, 5.41) is 8.63. The van der Waals surface area contributed by atoms with Crippen molar-refractivity contribution in [3.8, 4) is 6.07 Å². The van der Waals surface area contributed by atoms with Gasteiger partial charge in [-0.15, -0.1) is 0 Å². The van der Waals surface area contributed by atoms with Crippen molar-refractivity contribution >= 4 is 5.69 Å². The molecule has 0 N–H and O–H groups in total. The first-order chi connectivity index (χ1) is 7.83. The van der Waals surface area contributed by atoms with Crippen LogP contribution < -0.4 is 4.90 Å². The maximum absolute atomic E-state index is 13.4. The summed E-state index contributed by atoms with van der Waals surface area (Å²) in [7, 11) is 0. The minimum absolute atomic E-state index is 0.0317. The monoisotopic (exact) mass is 218 g/mol. The summed E-state index contributed by atoms with van der Waals surface area (Å²) in [6.07, 6.45) is 1.25. The zero-order valence-electron chi connectivity index (χ0n) is 9.14. The molecule has 84 valence electrons. The Labute approximate surface area is 95.3 Å².